The van der Waals surface area contributed by atoms with Crippen molar-refractivity contribution in [2.45, 2.75) is 40.0 Å². The van der Waals surface area contributed by atoms with Gasteiger partial charge in [0.15, 0.2) is 6.61 Å². The van der Waals surface area contributed by atoms with Crippen molar-refractivity contribution in [2.24, 2.45) is 11.5 Å². The van der Waals surface area contributed by atoms with Crippen molar-refractivity contribution in [1.29, 1.82) is 0 Å². The molecule has 0 saturated carbocycles. The molecule has 0 aliphatic rings. The Kier molecular flexibility index (Phi) is 5.36. The number of ketones is 1. The third-order valence-electron chi connectivity index (χ3n) is 3.71. The Hall–Kier alpha value is -2.87. The number of benzene rings is 1. The quantitative estimate of drug-likeness (QED) is 0.453. The fraction of sp³-hybridized carbons (Fsp3) is 0.389. The zero-order valence-electron chi connectivity index (χ0n) is 15.3. The third kappa shape index (κ3) is 3.85. The van der Waals surface area contributed by atoms with Crippen molar-refractivity contribution in [2.75, 3.05) is 6.61 Å². The molecular formula is C18H23N3O5. The maximum atomic E-state index is 12.3. The first kappa shape index (κ1) is 19.5. The van der Waals surface area contributed by atoms with Crippen molar-refractivity contribution in [3.05, 3.63) is 29.5 Å². The van der Waals surface area contributed by atoms with Gasteiger partial charge in [0.1, 0.15) is 11.4 Å². The standard InChI is InChI=1S/C18H23N3O5/c1-10-14(16(23)17(20)24)15-11(21(10)9-19)6-5-7-12(15)25-8-13(22)26-18(2,3)4/h5-7H,8-9,19H2,1-4H3,(H2,20,24). The molecule has 8 nitrogen and oxygen atoms in total. The van der Waals surface area contributed by atoms with Gasteiger partial charge >= 0.3 is 5.97 Å². The van der Waals surface area contributed by atoms with Gasteiger partial charge in [-0.15, -0.1) is 0 Å². The number of ether oxygens (including phenoxy) is 2. The predicted molar refractivity (Wildman–Crippen MR) is 95.7 cm³/mol. The third-order valence-corrected chi connectivity index (χ3v) is 3.71. The first-order valence-corrected chi connectivity index (χ1v) is 8.07. The second-order valence-corrected chi connectivity index (χ2v) is 6.79. The lowest BCUT2D eigenvalue weighted by Gasteiger charge is -2.19. The van der Waals surface area contributed by atoms with E-state index in [-0.39, 0.29) is 24.6 Å². The number of nitrogens with zero attached hydrogens (tertiary/aromatic N) is 1. The van der Waals surface area contributed by atoms with E-state index < -0.39 is 23.3 Å². The van der Waals surface area contributed by atoms with E-state index in [1.807, 2.05) is 0 Å². The van der Waals surface area contributed by atoms with E-state index in [1.165, 1.54) is 0 Å². The zero-order valence-corrected chi connectivity index (χ0v) is 15.3. The Bertz CT molecular complexity index is 877. The number of esters is 1. The molecule has 1 aromatic heterocycles. The number of nitrogens with two attached hydrogens (primary N) is 2. The summed E-state index contributed by atoms with van der Waals surface area (Å²) in [5.41, 5.74) is 11.5. The van der Waals surface area contributed by atoms with Crippen molar-refractivity contribution in [3.63, 3.8) is 0 Å². The molecule has 2 rings (SSSR count). The Labute approximate surface area is 151 Å². The summed E-state index contributed by atoms with van der Waals surface area (Å²) in [4.78, 5) is 35.7. The summed E-state index contributed by atoms with van der Waals surface area (Å²) in [5, 5.41) is 0.391. The van der Waals surface area contributed by atoms with Gasteiger partial charge in [-0.3, -0.25) is 9.59 Å². The average molecular weight is 361 g/mol. The fourth-order valence-electron chi connectivity index (χ4n) is 2.76. The van der Waals surface area contributed by atoms with Crippen LogP contribution in [0.4, 0.5) is 0 Å². The predicted octanol–water partition coefficient (Wildman–Crippen LogP) is 1.25. The summed E-state index contributed by atoms with van der Waals surface area (Å²) in [6.45, 7) is 6.68. The van der Waals surface area contributed by atoms with Gasteiger partial charge in [0, 0.05) is 5.69 Å². The lowest BCUT2D eigenvalue weighted by Crippen LogP contribution is -2.27. The maximum absolute atomic E-state index is 12.3. The maximum Gasteiger partial charge on any atom is 0.344 e. The summed E-state index contributed by atoms with van der Waals surface area (Å²) < 4.78 is 12.5. The lowest BCUT2D eigenvalue weighted by atomic mass is 10.1. The molecule has 0 spiro atoms. The Balaban J connectivity index is 2.49. The fourth-order valence-corrected chi connectivity index (χ4v) is 2.76. The van der Waals surface area contributed by atoms with Gasteiger partial charge in [-0.1, -0.05) is 6.07 Å². The molecule has 2 aromatic rings. The number of hydrogen-bond donors (Lipinski definition) is 2. The molecule has 0 atom stereocenters. The highest BCUT2D eigenvalue weighted by Gasteiger charge is 2.26. The number of rotatable bonds is 6. The van der Waals surface area contributed by atoms with Crippen molar-refractivity contribution >= 4 is 28.6 Å². The van der Waals surface area contributed by atoms with Crippen LogP contribution in [0.2, 0.25) is 0 Å². The molecule has 0 radical (unpaired) electrons. The smallest absolute Gasteiger partial charge is 0.344 e. The Morgan fingerprint density at radius 2 is 1.85 bits per heavy atom. The van der Waals surface area contributed by atoms with Crippen LogP contribution in [0.25, 0.3) is 10.9 Å². The summed E-state index contributed by atoms with van der Waals surface area (Å²) in [7, 11) is 0. The highest BCUT2D eigenvalue weighted by molar-refractivity contribution is 6.45. The SMILES string of the molecule is Cc1c(C(=O)C(N)=O)c2c(OCC(=O)OC(C)(C)C)cccc2n1CN. The van der Waals surface area contributed by atoms with Crippen LogP contribution in [-0.4, -0.2) is 34.4 Å². The zero-order chi connectivity index (χ0) is 19.6. The molecule has 26 heavy (non-hydrogen) atoms. The number of fused-ring (bicyclic) bond motifs is 1. The van der Waals surface area contributed by atoms with Crippen molar-refractivity contribution in [3.8, 4) is 5.75 Å². The molecule has 0 fully saturated rings. The Morgan fingerprint density at radius 3 is 2.38 bits per heavy atom. The van der Waals surface area contributed by atoms with Gasteiger partial charge in [0.05, 0.1) is 23.1 Å². The second kappa shape index (κ2) is 7.17. The van der Waals surface area contributed by atoms with E-state index in [2.05, 4.69) is 0 Å². The van der Waals surface area contributed by atoms with Gasteiger partial charge in [0.25, 0.3) is 11.7 Å². The summed E-state index contributed by atoms with van der Waals surface area (Å²) in [6.07, 6.45) is 0. The minimum Gasteiger partial charge on any atom is -0.481 e. The van der Waals surface area contributed by atoms with Gasteiger partial charge in [0.2, 0.25) is 0 Å². The Morgan fingerprint density at radius 1 is 1.19 bits per heavy atom. The van der Waals surface area contributed by atoms with E-state index in [1.54, 1.807) is 50.5 Å². The molecule has 0 aliphatic heterocycles. The molecular weight excluding hydrogens is 338 g/mol. The van der Waals surface area contributed by atoms with Gasteiger partial charge in [-0.2, -0.15) is 0 Å². The van der Waals surface area contributed by atoms with Crippen molar-refractivity contribution in [1.82, 2.24) is 4.57 Å². The van der Waals surface area contributed by atoms with Gasteiger partial charge in [-0.25, -0.2) is 4.79 Å². The second-order valence-electron chi connectivity index (χ2n) is 6.79. The number of Topliss-reactive ketones (excluding diaryl/α,β-unsaturated/α-hetero) is 1. The molecule has 1 heterocycles. The molecule has 1 amide bonds. The van der Waals surface area contributed by atoms with Crippen molar-refractivity contribution < 1.29 is 23.9 Å². The van der Waals surface area contributed by atoms with Crippen LogP contribution in [0.15, 0.2) is 18.2 Å². The number of carbonyl (C=O) groups is 3. The molecule has 0 aliphatic carbocycles. The summed E-state index contributed by atoms with van der Waals surface area (Å²) in [6, 6.07) is 5.05. The first-order chi connectivity index (χ1) is 12.1. The number of carbonyl (C=O) groups excluding carboxylic acids is 3. The number of primary amides is 1. The molecule has 0 bridgehead atoms. The van der Waals surface area contributed by atoms with E-state index in [9.17, 15) is 14.4 Å². The molecule has 4 N–H and O–H groups in total. The molecule has 8 heteroatoms. The van der Waals surface area contributed by atoms with E-state index in [0.29, 0.717) is 16.6 Å². The minimum atomic E-state index is -1.08. The van der Waals surface area contributed by atoms with E-state index >= 15 is 0 Å². The number of amides is 1. The molecule has 0 unspecified atom stereocenters. The van der Waals surface area contributed by atoms with Crippen LogP contribution < -0.4 is 16.2 Å². The lowest BCUT2D eigenvalue weighted by molar-refractivity contribution is -0.157. The van der Waals surface area contributed by atoms with Crippen LogP contribution >= 0.6 is 0 Å². The highest BCUT2D eigenvalue weighted by atomic mass is 16.6. The van der Waals surface area contributed by atoms with E-state index in [4.69, 9.17) is 20.9 Å². The van der Waals surface area contributed by atoms with Crippen LogP contribution in [-0.2, 0) is 21.0 Å². The summed E-state index contributed by atoms with van der Waals surface area (Å²) in [5.74, 6) is -2.19. The van der Waals surface area contributed by atoms with Crippen LogP contribution in [0.1, 0.15) is 36.8 Å². The van der Waals surface area contributed by atoms with Crippen LogP contribution in [0, 0.1) is 6.92 Å². The van der Waals surface area contributed by atoms with Crippen LogP contribution in [0.5, 0.6) is 5.75 Å². The normalized spacial score (nSPS) is 11.4. The molecule has 1 aromatic carbocycles. The molecule has 0 saturated heterocycles. The van der Waals surface area contributed by atoms with E-state index in [0.717, 1.165) is 0 Å². The van der Waals surface area contributed by atoms with Gasteiger partial charge < -0.3 is 25.5 Å². The monoisotopic (exact) mass is 361 g/mol. The number of hydrogen-bond acceptors (Lipinski definition) is 6. The van der Waals surface area contributed by atoms with Crippen LogP contribution in [0.3, 0.4) is 0 Å². The first-order valence-electron chi connectivity index (χ1n) is 8.07. The highest BCUT2D eigenvalue weighted by Crippen LogP contribution is 2.33. The minimum absolute atomic E-state index is 0.101. The average Bonchev–Trinajstić information content (AvgIpc) is 2.82. The topological polar surface area (TPSA) is 127 Å². The summed E-state index contributed by atoms with van der Waals surface area (Å²) >= 11 is 0. The van der Waals surface area contributed by atoms with Gasteiger partial charge in [-0.05, 0) is 39.8 Å². The largest absolute Gasteiger partial charge is 0.481 e. The number of aromatic nitrogens is 1. The molecule has 140 valence electrons.